The first kappa shape index (κ1) is 21.6. The molecule has 3 aromatic carbocycles. The Labute approximate surface area is 196 Å². The second kappa shape index (κ2) is 8.26. The molecule has 2 aliphatic heterocycles. The summed E-state index contributed by atoms with van der Waals surface area (Å²) >= 11 is 0. The molecule has 7 heteroatoms. The van der Waals surface area contributed by atoms with E-state index in [-0.39, 0.29) is 24.6 Å². The highest BCUT2D eigenvalue weighted by Gasteiger charge is 2.38. The molecule has 0 N–H and O–H groups in total. The van der Waals surface area contributed by atoms with Crippen LogP contribution in [0.1, 0.15) is 38.3 Å². The van der Waals surface area contributed by atoms with Crippen molar-refractivity contribution in [2.75, 3.05) is 16.3 Å². The van der Waals surface area contributed by atoms with E-state index in [2.05, 4.69) is 0 Å². The van der Waals surface area contributed by atoms with Gasteiger partial charge >= 0.3 is 5.97 Å². The summed E-state index contributed by atoms with van der Waals surface area (Å²) in [5.41, 5.74) is 3.85. The Kier molecular flexibility index (Phi) is 5.24. The predicted molar refractivity (Wildman–Crippen MR) is 126 cm³/mol. The fourth-order valence-corrected chi connectivity index (χ4v) is 4.52. The van der Waals surface area contributed by atoms with E-state index in [4.69, 9.17) is 4.74 Å². The molecule has 0 unspecified atom stereocenters. The molecule has 2 aliphatic rings. The molecule has 170 valence electrons. The Hall–Kier alpha value is -4.26. The largest absolute Gasteiger partial charge is 0.426 e. The van der Waals surface area contributed by atoms with Gasteiger partial charge in [0, 0.05) is 24.7 Å². The van der Waals surface area contributed by atoms with Crippen LogP contribution in [-0.4, -0.2) is 30.2 Å². The van der Waals surface area contributed by atoms with Crippen molar-refractivity contribution in [3.63, 3.8) is 0 Å². The first-order valence-corrected chi connectivity index (χ1v) is 11.0. The van der Waals surface area contributed by atoms with E-state index < -0.39 is 23.7 Å². The maximum Gasteiger partial charge on any atom is 0.316 e. The standard InChI is InChI=1S/C27H22N2O5/c1-16-10-11-23(17(2)12-16)28-15-18(13-24(28)30)27(33)34-20-7-5-6-19(14-20)29-25(31)21-8-3-4-9-22(21)26(29)32/h3-12,14,18H,13,15H2,1-2H3/t18-/m1/s1. The molecule has 1 saturated heterocycles. The summed E-state index contributed by atoms with van der Waals surface area (Å²) in [7, 11) is 0. The minimum Gasteiger partial charge on any atom is -0.426 e. The SMILES string of the molecule is Cc1ccc(N2C[C@H](C(=O)Oc3cccc(N4C(=O)c5ccccc5C4=O)c3)CC2=O)c(C)c1. The summed E-state index contributed by atoms with van der Waals surface area (Å²) < 4.78 is 5.56. The van der Waals surface area contributed by atoms with Crippen LogP contribution in [0.2, 0.25) is 0 Å². The molecule has 1 fully saturated rings. The zero-order chi connectivity index (χ0) is 24.0. The summed E-state index contributed by atoms with van der Waals surface area (Å²) in [6, 6.07) is 18.7. The molecule has 2 heterocycles. The quantitative estimate of drug-likeness (QED) is 0.337. The number of benzene rings is 3. The van der Waals surface area contributed by atoms with Crippen LogP contribution in [-0.2, 0) is 9.59 Å². The van der Waals surface area contributed by atoms with E-state index in [1.807, 2.05) is 32.0 Å². The zero-order valence-corrected chi connectivity index (χ0v) is 18.8. The first-order valence-electron chi connectivity index (χ1n) is 11.0. The highest BCUT2D eigenvalue weighted by molar-refractivity contribution is 6.34. The Morgan fingerprint density at radius 1 is 0.882 bits per heavy atom. The van der Waals surface area contributed by atoms with Crippen molar-refractivity contribution in [1.82, 2.24) is 0 Å². The van der Waals surface area contributed by atoms with Gasteiger partial charge in [-0.15, -0.1) is 0 Å². The number of aryl methyl sites for hydroxylation is 2. The third kappa shape index (κ3) is 3.65. The van der Waals surface area contributed by atoms with Gasteiger partial charge in [-0.3, -0.25) is 19.2 Å². The highest BCUT2D eigenvalue weighted by atomic mass is 16.5. The lowest BCUT2D eigenvalue weighted by Crippen LogP contribution is -2.29. The maximum atomic E-state index is 12.9. The molecule has 7 nitrogen and oxygen atoms in total. The minimum atomic E-state index is -0.615. The van der Waals surface area contributed by atoms with Gasteiger partial charge in [0.2, 0.25) is 5.91 Å². The number of rotatable bonds is 4. The van der Waals surface area contributed by atoms with E-state index in [1.165, 1.54) is 6.07 Å². The normalized spacial score (nSPS) is 17.4. The number of carbonyl (C=O) groups excluding carboxylic acids is 4. The van der Waals surface area contributed by atoms with Crippen LogP contribution < -0.4 is 14.5 Å². The van der Waals surface area contributed by atoms with Crippen LogP contribution in [0.4, 0.5) is 11.4 Å². The second-order valence-electron chi connectivity index (χ2n) is 8.61. The fourth-order valence-electron chi connectivity index (χ4n) is 4.52. The van der Waals surface area contributed by atoms with Gasteiger partial charge in [-0.25, -0.2) is 4.90 Å². The highest BCUT2D eigenvalue weighted by Crippen LogP contribution is 2.32. The lowest BCUT2D eigenvalue weighted by molar-refractivity contribution is -0.139. The molecule has 34 heavy (non-hydrogen) atoms. The number of esters is 1. The lowest BCUT2D eigenvalue weighted by Gasteiger charge is -2.19. The van der Waals surface area contributed by atoms with Gasteiger partial charge in [0.25, 0.3) is 11.8 Å². The van der Waals surface area contributed by atoms with Gasteiger partial charge in [-0.1, -0.05) is 35.9 Å². The molecular weight excluding hydrogens is 432 g/mol. The molecule has 3 aromatic rings. The van der Waals surface area contributed by atoms with Crippen LogP contribution in [0.5, 0.6) is 5.75 Å². The van der Waals surface area contributed by atoms with Gasteiger partial charge in [-0.2, -0.15) is 0 Å². The van der Waals surface area contributed by atoms with Crippen molar-refractivity contribution in [3.05, 3.63) is 89.0 Å². The molecule has 1 atom stereocenters. The van der Waals surface area contributed by atoms with Crippen LogP contribution in [0.15, 0.2) is 66.7 Å². The number of imide groups is 1. The number of fused-ring (bicyclic) bond motifs is 1. The molecule has 0 bridgehead atoms. The van der Waals surface area contributed by atoms with Gasteiger partial charge in [0.15, 0.2) is 0 Å². The first-order chi connectivity index (χ1) is 16.3. The van der Waals surface area contributed by atoms with Crippen molar-refractivity contribution in [3.8, 4) is 5.75 Å². The van der Waals surface area contributed by atoms with Gasteiger partial charge in [0.05, 0.1) is 22.7 Å². The van der Waals surface area contributed by atoms with E-state index in [0.717, 1.165) is 21.7 Å². The van der Waals surface area contributed by atoms with E-state index in [1.54, 1.807) is 47.4 Å². The minimum absolute atomic E-state index is 0.0598. The maximum absolute atomic E-state index is 12.9. The van der Waals surface area contributed by atoms with Crippen molar-refractivity contribution in [2.24, 2.45) is 5.92 Å². The molecule has 3 amide bonds. The molecular formula is C27H22N2O5. The van der Waals surface area contributed by atoms with Crippen molar-refractivity contribution < 1.29 is 23.9 Å². The molecule has 0 aliphatic carbocycles. The van der Waals surface area contributed by atoms with Crippen molar-refractivity contribution in [2.45, 2.75) is 20.3 Å². The van der Waals surface area contributed by atoms with Crippen molar-refractivity contribution in [1.29, 1.82) is 0 Å². The summed E-state index contributed by atoms with van der Waals surface area (Å²) in [5.74, 6) is -1.91. The Morgan fingerprint density at radius 2 is 1.59 bits per heavy atom. The average Bonchev–Trinajstić information content (AvgIpc) is 3.32. The number of carbonyl (C=O) groups is 4. The smallest absolute Gasteiger partial charge is 0.316 e. The number of hydrogen-bond donors (Lipinski definition) is 0. The number of ether oxygens (including phenoxy) is 1. The van der Waals surface area contributed by atoms with Crippen LogP contribution in [0.25, 0.3) is 0 Å². The Morgan fingerprint density at radius 3 is 2.26 bits per heavy atom. The summed E-state index contributed by atoms with van der Waals surface area (Å²) in [5, 5.41) is 0. The summed E-state index contributed by atoms with van der Waals surface area (Å²) in [4.78, 5) is 53.7. The third-order valence-electron chi connectivity index (χ3n) is 6.19. The average molecular weight is 454 g/mol. The second-order valence-corrected chi connectivity index (χ2v) is 8.61. The molecule has 0 radical (unpaired) electrons. The number of amides is 3. The number of hydrogen-bond acceptors (Lipinski definition) is 5. The molecule has 0 spiro atoms. The monoisotopic (exact) mass is 454 g/mol. The number of anilines is 2. The van der Waals surface area contributed by atoms with Gasteiger partial charge in [0.1, 0.15) is 5.75 Å². The van der Waals surface area contributed by atoms with Crippen LogP contribution in [0.3, 0.4) is 0 Å². The van der Waals surface area contributed by atoms with Gasteiger partial charge < -0.3 is 9.64 Å². The molecule has 5 rings (SSSR count). The van der Waals surface area contributed by atoms with E-state index in [9.17, 15) is 19.2 Å². The predicted octanol–water partition coefficient (Wildman–Crippen LogP) is 4.06. The van der Waals surface area contributed by atoms with Crippen LogP contribution >= 0.6 is 0 Å². The summed E-state index contributed by atoms with van der Waals surface area (Å²) in [6.07, 6.45) is 0.0598. The van der Waals surface area contributed by atoms with E-state index in [0.29, 0.717) is 16.8 Å². The van der Waals surface area contributed by atoms with E-state index >= 15 is 0 Å². The Bertz CT molecular complexity index is 1330. The third-order valence-corrected chi connectivity index (χ3v) is 6.19. The summed E-state index contributed by atoms with van der Waals surface area (Å²) in [6.45, 7) is 4.16. The lowest BCUT2D eigenvalue weighted by atomic mass is 10.1. The van der Waals surface area contributed by atoms with Gasteiger partial charge in [-0.05, 0) is 49.7 Å². The zero-order valence-electron chi connectivity index (χ0n) is 18.8. The topological polar surface area (TPSA) is 84.0 Å². The van der Waals surface area contributed by atoms with Crippen LogP contribution in [0, 0.1) is 19.8 Å². The van der Waals surface area contributed by atoms with Crippen molar-refractivity contribution >= 4 is 35.1 Å². The molecule has 0 aromatic heterocycles. The Balaban J connectivity index is 1.32. The fraction of sp³-hybridized carbons (Fsp3) is 0.185. The number of nitrogens with zero attached hydrogens (tertiary/aromatic N) is 2. The molecule has 0 saturated carbocycles.